The predicted molar refractivity (Wildman–Crippen MR) is 99.7 cm³/mol. The number of rotatable bonds is 4. The lowest BCUT2D eigenvalue weighted by Gasteiger charge is -2.27. The summed E-state index contributed by atoms with van der Waals surface area (Å²) in [4.78, 5) is 27.7. The molecule has 1 saturated heterocycles. The molecule has 140 valence electrons. The number of hydrogen-bond acceptors (Lipinski definition) is 5. The van der Waals surface area contributed by atoms with Gasteiger partial charge in [-0.25, -0.2) is 0 Å². The fraction of sp³-hybridized carbons (Fsp3) is 0.579. The van der Waals surface area contributed by atoms with Gasteiger partial charge in [0, 0.05) is 17.4 Å². The number of nitrogens with zero attached hydrogens (tertiary/aromatic N) is 1. The molecule has 26 heavy (non-hydrogen) atoms. The first kappa shape index (κ1) is 17.5. The number of methoxy groups -OCH3 is 2. The first-order valence-electron chi connectivity index (χ1n) is 9.15. The summed E-state index contributed by atoms with van der Waals surface area (Å²) in [5.41, 5.74) is 1.44. The van der Waals surface area contributed by atoms with E-state index in [1.807, 2.05) is 12.1 Å². The Labute approximate surface area is 157 Å². The molecule has 2 aliphatic heterocycles. The second kappa shape index (κ2) is 7.02. The summed E-state index contributed by atoms with van der Waals surface area (Å²) < 4.78 is 10.8. The minimum absolute atomic E-state index is 0.0287. The zero-order valence-electron chi connectivity index (χ0n) is 15.1. The standard InChI is InChI=1S/C19H24N2O4S/c1-24-14-9-8-12-15(16(14)25-2)18(23)21-13(10-26-19(12)21)17(22)20-11-6-4-3-5-7-11/h8-9,11,13,19H,3-7,10H2,1-2H3,(H,20,22)/t13-,19-/m0/s1. The molecule has 0 aromatic heterocycles. The Morgan fingerprint density at radius 2 is 1.96 bits per heavy atom. The van der Waals surface area contributed by atoms with E-state index in [1.54, 1.807) is 23.8 Å². The van der Waals surface area contributed by atoms with E-state index in [2.05, 4.69) is 5.32 Å². The quantitative estimate of drug-likeness (QED) is 0.875. The summed E-state index contributed by atoms with van der Waals surface area (Å²) in [5, 5.41) is 3.04. The molecule has 1 saturated carbocycles. The SMILES string of the molecule is COc1ccc2c(c1OC)C(=O)N1[C@H](C(=O)NC3CCCCC3)CS[C@@H]21. The van der Waals surface area contributed by atoms with Crippen molar-refractivity contribution in [3.05, 3.63) is 23.3 Å². The van der Waals surface area contributed by atoms with Gasteiger partial charge in [0.1, 0.15) is 11.4 Å². The van der Waals surface area contributed by atoms with E-state index in [0.29, 0.717) is 22.8 Å². The molecule has 2 amide bonds. The van der Waals surface area contributed by atoms with Crippen molar-refractivity contribution in [1.82, 2.24) is 10.2 Å². The third-order valence-electron chi connectivity index (χ3n) is 5.55. The van der Waals surface area contributed by atoms with Gasteiger partial charge in [0.25, 0.3) is 5.91 Å². The second-order valence-corrected chi connectivity index (χ2v) is 8.14. The highest BCUT2D eigenvalue weighted by atomic mass is 32.2. The molecule has 0 unspecified atom stereocenters. The molecule has 3 aliphatic rings. The lowest BCUT2D eigenvalue weighted by atomic mass is 9.95. The van der Waals surface area contributed by atoms with Crippen molar-refractivity contribution in [2.45, 2.75) is 49.6 Å². The van der Waals surface area contributed by atoms with E-state index in [-0.39, 0.29) is 23.2 Å². The largest absolute Gasteiger partial charge is 0.493 e. The van der Waals surface area contributed by atoms with Crippen molar-refractivity contribution in [3.63, 3.8) is 0 Å². The number of ether oxygens (including phenoxy) is 2. The van der Waals surface area contributed by atoms with Gasteiger partial charge in [0.2, 0.25) is 5.91 Å². The zero-order valence-corrected chi connectivity index (χ0v) is 15.9. The Bertz CT molecular complexity index is 732. The van der Waals surface area contributed by atoms with Gasteiger partial charge >= 0.3 is 0 Å². The van der Waals surface area contributed by atoms with Crippen LogP contribution in [0.25, 0.3) is 0 Å². The fourth-order valence-corrected chi connectivity index (χ4v) is 5.69. The van der Waals surface area contributed by atoms with Gasteiger partial charge in [-0.3, -0.25) is 9.59 Å². The highest BCUT2D eigenvalue weighted by Crippen LogP contribution is 2.52. The molecule has 1 N–H and O–H groups in total. The summed E-state index contributed by atoms with van der Waals surface area (Å²) in [7, 11) is 3.09. The van der Waals surface area contributed by atoms with E-state index in [4.69, 9.17) is 9.47 Å². The third kappa shape index (κ3) is 2.73. The normalized spacial score (nSPS) is 25.0. The summed E-state index contributed by atoms with van der Waals surface area (Å²) in [5.74, 6) is 1.45. The van der Waals surface area contributed by atoms with Gasteiger partial charge in [0.15, 0.2) is 11.5 Å². The topological polar surface area (TPSA) is 67.9 Å². The van der Waals surface area contributed by atoms with Crippen molar-refractivity contribution in [2.24, 2.45) is 0 Å². The summed E-state index contributed by atoms with van der Waals surface area (Å²) in [6.07, 6.45) is 5.65. The van der Waals surface area contributed by atoms with Gasteiger partial charge in [-0.2, -0.15) is 0 Å². The van der Waals surface area contributed by atoms with Crippen LogP contribution in [0.15, 0.2) is 12.1 Å². The number of carbonyl (C=O) groups excluding carboxylic acids is 2. The van der Waals surface area contributed by atoms with Crippen molar-refractivity contribution < 1.29 is 19.1 Å². The monoisotopic (exact) mass is 376 g/mol. The number of benzene rings is 1. The second-order valence-electron chi connectivity index (χ2n) is 7.02. The molecule has 1 aromatic carbocycles. The van der Waals surface area contributed by atoms with Crippen LogP contribution in [0, 0.1) is 0 Å². The van der Waals surface area contributed by atoms with Crippen LogP contribution in [0.3, 0.4) is 0 Å². The minimum Gasteiger partial charge on any atom is -0.493 e. The van der Waals surface area contributed by atoms with Crippen molar-refractivity contribution in [3.8, 4) is 11.5 Å². The molecule has 0 bridgehead atoms. The van der Waals surface area contributed by atoms with Crippen LogP contribution in [0.4, 0.5) is 0 Å². The Hall–Kier alpha value is -1.89. The number of thioether (sulfide) groups is 1. The van der Waals surface area contributed by atoms with E-state index in [9.17, 15) is 9.59 Å². The summed E-state index contributed by atoms with van der Waals surface area (Å²) in [6, 6.07) is 3.55. The molecular weight excluding hydrogens is 352 g/mol. The molecule has 2 atom stereocenters. The highest BCUT2D eigenvalue weighted by Gasteiger charge is 2.50. The van der Waals surface area contributed by atoms with Crippen LogP contribution < -0.4 is 14.8 Å². The van der Waals surface area contributed by atoms with Gasteiger partial charge in [0.05, 0.1) is 19.8 Å². The van der Waals surface area contributed by atoms with Gasteiger partial charge in [-0.05, 0) is 18.9 Å². The first-order chi connectivity index (χ1) is 12.7. The molecule has 1 aliphatic carbocycles. The maximum atomic E-state index is 13.1. The number of amides is 2. The average Bonchev–Trinajstić information content (AvgIpc) is 3.22. The van der Waals surface area contributed by atoms with Gasteiger partial charge in [-0.1, -0.05) is 25.3 Å². The van der Waals surface area contributed by atoms with Crippen LogP contribution in [0.2, 0.25) is 0 Å². The van der Waals surface area contributed by atoms with E-state index in [0.717, 1.165) is 31.2 Å². The van der Waals surface area contributed by atoms with Crippen LogP contribution >= 0.6 is 11.8 Å². The zero-order chi connectivity index (χ0) is 18.3. The van der Waals surface area contributed by atoms with Crippen LogP contribution in [0.1, 0.15) is 53.4 Å². The minimum atomic E-state index is -0.428. The number of nitrogens with one attached hydrogen (secondary N) is 1. The number of fused-ring (bicyclic) bond motifs is 3. The summed E-state index contributed by atoms with van der Waals surface area (Å²) in [6.45, 7) is 0. The third-order valence-corrected chi connectivity index (χ3v) is 6.85. The molecule has 1 aromatic rings. The fourth-order valence-electron chi connectivity index (χ4n) is 4.24. The molecule has 7 heteroatoms. The summed E-state index contributed by atoms with van der Waals surface area (Å²) >= 11 is 1.64. The van der Waals surface area contributed by atoms with Gasteiger partial charge < -0.3 is 19.7 Å². The molecule has 0 spiro atoms. The lowest BCUT2D eigenvalue weighted by molar-refractivity contribution is -0.125. The van der Waals surface area contributed by atoms with Crippen molar-refractivity contribution in [2.75, 3.05) is 20.0 Å². The lowest BCUT2D eigenvalue weighted by Crippen LogP contribution is -2.49. The molecule has 2 heterocycles. The number of carbonyl (C=O) groups is 2. The van der Waals surface area contributed by atoms with Crippen LogP contribution in [-0.4, -0.2) is 48.8 Å². The Kier molecular flexibility index (Phi) is 4.73. The van der Waals surface area contributed by atoms with E-state index < -0.39 is 6.04 Å². The predicted octanol–water partition coefficient (Wildman–Crippen LogP) is 2.72. The average molecular weight is 376 g/mol. The highest BCUT2D eigenvalue weighted by molar-refractivity contribution is 7.99. The molecule has 6 nitrogen and oxygen atoms in total. The van der Waals surface area contributed by atoms with E-state index in [1.165, 1.54) is 13.5 Å². The molecule has 4 rings (SSSR count). The molecule has 2 fully saturated rings. The smallest absolute Gasteiger partial charge is 0.260 e. The van der Waals surface area contributed by atoms with Crippen LogP contribution in [0.5, 0.6) is 11.5 Å². The Morgan fingerprint density at radius 3 is 2.65 bits per heavy atom. The maximum absolute atomic E-state index is 13.1. The van der Waals surface area contributed by atoms with E-state index >= 15 is 0 Å². The Balaban J connectivity index is 1.58. The van der Waals surface area contributed by atoms with Crippen LogP contribution in [-0.2, 0) is 4.79 Å². The Morgan fingerprint density at radius 1 is 1.19 bits per heavy atom. The maximum Gasteiger partial charge on any atom is 0.260 e. The number of hydrogen-bond donors (Lipinski definition) is 1. The van der Waals surface area contributed by atoms with Crippen molar-refractivity contribution in [1.29, 1.82) is 0 Å². The molecular formula is C19H24N2O4S. The first-order valence-corrected chi connectivity index (χ1v) is 10.2. The molecule has 0 radical (unpaired) electrons. The van der Waals surface area contributed by atoms with Gasteiger partial charge in [-0.15, -0.1) is 11.8 Å². The van der Waals surface area contributed by atoms with Crippen molar-refractivity contribution >= 4 is 23.6 Å².